The van der Waals surface area contributed by atoms with Crippen molar-refractivity contribution in [3.63, 3.8) is 0 Å². The highest BCUT2D eigenvalue weighted by molar-refractivity contribution is 6.07. The Morgan fingerprint density at radius 2 is 1.74 bits per heavy atom. The lowest BCUT2D eigenvalue weighted by Gasteiger charge is -2.14. The molecule has 0 radical (unpaired) electrons. The Hall–Kier alpha value is -4.26. The number of pyridine rings is 1. The first-order valence-electron chi connectivity index (χ1n) is 11.0. The van der Waals surface area contributed by atoms with Gasteiger partial charge >= 0.3 is 11.7 Å². The molecule has 0 saturated carbocycles. The largest absolute Gasteiger partial charge is 0.456 e. The number of ether oxygens (including phenoxy) is 1. The minimum Gasteiger partial charge on any atom is -0.456 e. The normalized spacial score (nSPS) is 13.9. The van der Waals surface area contributed by atoms with Gasteiger partial charge in [-0.3, -0.25) is 13.9 Å². The summed E-state index contributed by atoms with van der Waals surface area (Å²) in [4.78, 5) is 42.5. The van der Waals surface area contributed by atoms with Gasteiger partial charge in [0.1, 0.15) is 6.61 Å². The molecule has 7 nitrogen and oxygen atoms in total. The molecule has 0 bridgehead atoms. The van der Waals surface area contributed by atoms with Crippen molar-refractivity contribution in [2.45, 2.75) is 19.4 Å². The van der Waals surface area contributed by atoms with E-state index in [1.165, 1.54) is 17.7 Å². The van der Waals surface area contributed by atoms with Gasteiger partial charge in [0, 0.05) is 25.5 Å². The van der Waals surface area contributed by atoms with Crippen LogP contribution in [-0.4, -0.2) is 20.1 Å². The summed E-state index contributed by atoms with van der Waals surface area (Å²) < 4.78 is 7.96. The van der Waals surface area contributed by atoms with Gasteiger partial charge in [0.2, 0.25) is 0 Å². The highest BCUT2D eigenvalue weighted by atomic mass is 16.5. The molecule has 2 aromatic carbocycles. The van der Waals surface area contributed by atoms with Gasteiger partial charge in [-0.15, -0.1) is 0 Å². The van der Waals surface area contributed by atoms with Gasteiger partial charge in [-0.25, -0.2) is 14.6 Å². The zero-order valence-corrected chi connectivity index (χ0v) is 18.9. The number of para-hydroxylation sites is 1. The molecule has 0 spiro atoms. The summed E-state index contributed by atoms with van der Waals surface area (Å²) in [6.07, 6.45) is 3.57. The Bertz CT molecular complexity index is 1580. The monoisotopic (exact) mass is 453 g/mol. The fourth-order valence-electron chi connectivity index (χ4n) is 4.39. The first-order chi connectivity index (χ1) is 16.4. The predicted octanol–water partition coefficient (Wildman–Crippen LogP) is 3.48. The first kappa shape index (κ1) is 21.6. The van der Waals surface area contributed by atoms with E-state index >= 15 is 0 Å². The van der Waals surface area contributed by atoms with Crippen molar-refractivity contribution in [2.24, 2.45) is 14.1 Å². The molecular formula is C27H23N3O4. The van der Waals surface area contributed by atoms with E-state index in [-0.39, 0.29) is 6.61 Å². The molecule has 2 aromatic heterocycles. The number of hydrogen-bond donors (Lipinski definition) is 0. The number of hydrogen-bond acceptors (Lipinski definition) is 5. The fourth-order valence-corrected chi connectivity index (χ4v) is 4.39. The van der Waals surface area contributed by atoms with E-state index in [9.17, 15) is 14.4 Å². The average Bonchev–Trinajstić information content (AvgIpc) is 3.24. The number of esters is 1. The summed E-state index contributed by atoms with van der Waals surface area (Å²) >= 11 is 0. The topological polar surface area (TPSA) is 83.2 Å². The maximum atomic E-state index is 13.4. The molecule has 34 heavy (non-hydrogen) atoms. The lowest BCUT2D eigenvalue weighted by molar-refractivity contribution is 0.0464. The zero-order valence-electron chi connectivity index (χ0n) is 18.9. The van der Waals surface area contributed by atoms with Crippen molar-refractivity contribution in [2.75, 3.05) is 0 Å². The number of benzene rings is 2. The number of nitrogens with zero attached hydrogens (tertiary/aromatic N) is 3. The minimum atomic E-state index is -0.496. The molecule has 0 saturated heterocycles. The van der Waals surface area contributed by atoms with E-state index in [1.54, 1.807) is 7.05 Å². The van der Waals surface area contributed by atoms with Crippen molar-refractivity contribution in [1.29, 1.82) is 0 Å². The van der Waals surface area contributed by atoms with Gasteiger partial charge in [0.15, 0.2) is 0 Å². The maximum Gasteiger partial charge on any atom is 0.339 e. The summed E-state index contributed by atoms with van der Waals surface area (Å²) in [6.45, 7) is -0.182. The molecule has 0 atom stereocenters. The summed E-state index contributed by atoms with van der Waals surface area (Å²) in [7, 11) is 2.96. The Labute approximate surface area is 195 Å². The minimum absolute atomic E-state index is 0.182. The van der Waals surface area contributed by atoms with Gasteiger partial charge in [0.05, 0.1) is 22.5 Å². The second-order valence-electron chi connectivity index (χ2n) is 8.36. The summed E-state index contributed by atoms with van der Waals surface area (Å²) in [5.41, 5.74) is 4.47. The van der Waals surface area contributed by atoms with E-state index in [2.05, 4.69) is 6.08 Å². The van der Waals surface area contributed by atoms with Gasteiger partial charge < -0.3 is 4.74 Å². The summed E-state index contributed by atoms with van der Waals surface area (Å²) in [6, 6.07) is 18.8. The first-order valence-corrected chi connectivity index (χ1v) is 11.0. The Kier molecular flexibility index (Phi) is 5.45. The third kappa shape index (κ3) is 3.75. The number of allylic oxidation sites excluding steroid dienone is 1. The molecule has 0 N–H and O–H groups in total. The van der Waals surface area contributed by atoms with Crippen LogP contribution in [0.4, 0.5) is 0 Å². The van der Waals surface area contributed by atoms with E-state index in [0.717, 1.165) is 44.3 Å². The third-order valence-corrected chi connectivity index (χ3v) is 6.26. The van der Waals surface area contributed by atoms with Crippen LogP contribution in [0.15, 0.2) is 70.3 Å². The maximum absolute atomic E-state index is 13.4. The molecule has 0 aliphatic heterocycles. The van der Waals surface area contributed by atoms with E-state index in [1.807, 2.05) is 54.6 Å². The lowest BCUT2D eigenvalue weighted by atomic mass is 10.0. The predicted molar refractivity (Wildman–Crippen MR) is 130 cm³/mol. The standard InChI is InChI=1S/C27H23N3O4/c1-29-19(15-23(31)30(2)27(29)33)16-34-26(32)24-20-10-6-7-11-22(20)28-25-18(12-13-21(24)25)14-17-8-4-3-5-9-17/h3-11,14-15H,12-13,16H2,1-2H3/b18-14+. The van der Waals surface area contributed by atoms with Crippen LogP contribution in [0.3, 0.4) is 0 Å². The molecular weight excluding hydrogens is 430 g/mol. The van der Waals surface area contributed by atoms with Crippen molar-refractivity contribution in [3.05, 3.63) is 110 Å². The second-order valence-corrected chi connectivity index (χ2v) is 8.36. The number of fused-ring (bicyclic) bond motifs is 2. The highest BCUT2D eigenvalue weighted by Crippen LogP contribution is 2.37. The number of carbonyl (C=O) groups is 1. The van der Waals surface area contributed by atoms with Crippen LogP contribution in [0.25, 0.3) is 22.6 Å². The quantitative estimate of drug-likeness (QED) is 0.442. The fraction of sp³-hybridized carbons (Fsp3) is 0.185. The third-order valence-electron chi connectivity index (χ3n) is 6.26. The molecule has 170 valence electrons. The number of rotatable bonds is 4. The summed E-state index contributed by atoms with van der Waals surface area (Å²) in [5.74, 6) is -0.496. The van der Waals surface area contributed by atoms with Gasteiger partial charge in [-0.2, -0.15) is 0 Å². The van der Waals surface area contributed by atoms with Gasteiger partial charge in [0.25, 0.3) is 5.56 Å². The molecule has 5 rings (SSSR count). The molecule has 7 heteroatoms. The zero-order chi connectivity index (χ0) is 23.8. The van der Waals surface area contributed by atoms with Crippen molar-refractivity contribution in [3.8, 4) is 0 Å². The van der Waals surface area contributed by atoms with E-state index in [4.69, 9.17) is 9.72 Å². The Balaban J connectivity index is 1.55. The molecule has 0 amide bonds. The van der Waals surface area contributed by atoms with Crippen LogP contribution in [0.1, 0.15) is 39.3 Å². The van der Waals surface area contributed by atoms with Crippen LogP contribution >= 0.6 is 0 Å². The Morgan fingerprint density at radius 3 is 2.53 bits per heavy atom. The van der Waals surface area contributed by atoms with E-state index < -0.39 is 17.2 Å². The molecule has 0 fully saturated rings. The average molecular weight is 453 g/mol. The molecule has 1 aliphatic rings. The van der Waals surface area contributed by atoms with Crippen LogP contribution in [0.5, 0.6) is 0 Å². The van der Waals surface area contributed by atoms with Crippen molar-refractivity contribution in [1.82, 2.24) is 14.1 Å². The van der Waals surface area contributed by atoms with Crippen LogP contribution < -0.4 is 11.2 Å². The Morgan fingerprint density at radius 1 is 1.00 bits per heavy atom. The van der Waals surface area contributed by atoms with Gasteiger partial charge in [-0.05, 0) is 41.7 Å². The van der Waals surface area contributed by atoms with Crippen LogP contribution in [-0.2, 0) is 31.9 Å². The summed E-state index contributed by atoms with van der Waals surface area (Å²) in [5, 5.41) is 0.727. The molecule has 4 aromatic rings. The van der Waals surface area contributed by atoms with Crippen LogP contribution in [0.2, 0.25) is 0 Å². The number of aromatic nitrogens is 3. The lowest BCUT2D eigenvalue weighted by Crippen LogP contribution is -2.38. The second kappa shape index (κ2) is 8.59. The number of carbonyl (C=O) groups excluding carboxylic acids is 1. The molecule has 2 heterocycles. The highest BCUT2D eigenvalue weighted by Gasteiger charge is 2.27. The van der Waals surface area contributed by atoms with Crippen molar-refractivity contribution >= 4 is 28.5 Å². The molecule has 0 unspecified atom stereocenters. The van der Waals surface area contributed by atoms with Crippen molar-refractivity contribution < 1.29 is 9.53 Å². The van der Waals surface area contributed by atoms with Crippen LogP contribution in [0, 0.1) is 0 Å². The van der Waals surface area contributed by atoms with E-state index in [0.29, 0.717) is 17.7 Å². The molecule has 1 aliphatic carbocycles. The SMILES string of the molecule is Cn1c(COC(=O)c2c3c(nc4ccccc24)/C(=C/c2ccccc2)CC3)cc(=O)n(C)c1=O. The smallest absolute Gasteiger partial charge is 0.339 e. The van der Waals surface area contributed by atoms with Gasteiger partial charge in [-0.1, -0.05) is 48.5 Å².